The number of para-hydroxylation sites is 1. The van der Waals surface area contributed by atoms with Gasteiger partial charge in [0.15, 0.2) is 0 Å². The van der Waals surface area contributed by atoms with Gasteiger partial charge in [0.1, 0.15) is 5.51 Å². The van der Waals surface area contributed by atoms with Crippen molar-refractivity contribution in [2.24, 2.45) is 5.92 Å². The Kier molecular flexibility index (Phi) is 5.95. The van der Waals surface area contributed by atoms with E-state index in [1.807, 2.05) is 41.2 Å². The van der Waals surface area contributed by atoms with E-state index in [9.17, 15) is 9.59 Å². The Labute approximate surface area is 172 Å². The van der Waals surface area contributed by atoms with Crippen molar-refractivity contribution in [2.45, 2.75) is 25.7 Å². The second kappa shape index (κ2) is 8.95. The van der Waals surface area contributed by atoms with Crippen molar-refractivity contribution < 1.29 is 9.59 Å². The maximum Gasteiger partial charge on any atom is 0.231 e. The third-order valence-corrected chi connectivity index (χ3v) is 5.63. The first-order valence-corrected chi connectivity index (χ1v) is 10.5. The molecule has 0 aliphatic carbocycles. The predicted octanol–water partition coefficient (Wildman–Crippen LogP) is 2.53. The Balaban J connectivity index is 1.29. The molecule has 1 aliphatic rings. The molecule has 4 rings (SSSR count). The van der Waals surface area contributed by atoms with Crippen molar-refractivity contribution in [1.29, 1.82) is 0 Å². The number of anilines is 1. The number of aromatic nitrogens is 4. The molecule has 2 aromatic heterocycles. The Hall–Kier alpha value is -3.07. The quantitative estimate of drug-likeness (QED) is 0.674. The standard InChI is InChI=1S/C20H22N6O2S/c27-18(9-8-15-11-22-26(12-15)17-6-2-1-3-7-17)25-10-4-5-16(13-25)19(28)23-20-24-21-14-29-20/h1-3,6-7,11-12,14,16H,4-5,8-10,13H2,(H,23,24,28). The monoisotopic (exact) mass is 410 g/mol. The van der Waals surface area contributed by atoms with Gasteiger partial charge in [0.25, 0.3) is 0 Å². The zero-order chi connectivity index (χ0) is 20.1. The fourth-order valence-corrected chi connectivity index (χ4v) is 3.92. The molecule has 1 N–H and O–H groups in total. The molecule has 1 unspecified atom stereocenters. The van der Waals surface area contributed by atoms with Crippen LogP contribution in [-0.2, 0) is 16.0 Å². The summed E-state index contributed by atoms with van der Waals surface area (Å²) >= 11 is 1.29. The number of likely N-dealkylation sites (tertiary alicyclic amines) is 1. The molecule has 0 radical (unpaired) electrons. The number of hydrogen-bond acceptors (Lipinski definition) is 6. The first-order valence-electron chi connectivity index (χ1n) is 9.63. The van der Waals surface area contributed by atoms with Crippen molar-refractivity contribution >= 4 is 28.3 Å². The third-order valence-electron chi connectivity index (χ3n) is 5.02. The predicted molar refractivity (Wildman–Crippen MR) is 110 cm³/mol. The maximum absolute atomic E-state index is 12.7. The zero-order valence-electron chi connectivity index (χ0n) is 15.9. The van der Waals surface area contributed by atoms with E-state index in [1.165, 1.54) is 11.3 Å². The highest BCUT2D eigenvalue weighted by Crippen LogP contribution is 2.20. The molecule has 3 heterocycles. The first kappa shape index (κ1) is 19.3. The average Bonchev–Trinajstić information content (AvgIpc) is 3.45. The summed E-state index contributed by atoms with van der Waals surface area (Å²) in [7, 11) is 0. The van der Waals surface area contributed by atoms with Gasteiger partial charge in [0.05, 0.1) is 17.8 Å². The summed E-state index contributed by atoms with van der Waals surface area (Å²) in [5, 5.41) is 15.2. The summed E-state index contributed by atoms with van der Waals surface area (Å²) in [6, 6.07) is 9.88. The fourth-order valence-electron chi connectivity index (χ4n) is 3.47. The van der Waals surface area contributed by atoms with Crippen molar-refractivity contribution in [2.75, 3.05) is 18.4 Å². The number of carbonyl (C=O) groups is 2. The highest BCUT2D eigenvalue weighted by atomic mass is 32.1. The largest absolute Gasteiger partial charge is 0.342 e. The van der Waals surface area contributed by atoms with E-state index in [-0.39, 0.29) is 17.7 Å². The number of nitrogens with zero attached hydrogens (tertiary/aromatic N) is 5. The highest BCUT2D eigenvalue weighted by Gasteiger charge is 2.28. The van der Waals surface area contributed by atoms with Crippen LogP contribution in [0.2, 0.25) is 0 Å². The minimum atomic E-state index is -0.211. The fraction of sp³-hybridized carbons (Fsp3) is 0.350. The topological polar surface area (TPSA) is 93.0 Å². The molecular formula is C20H22N6O2S. The number of aryl methyl sites for hydroxylation is 1. The summed E-state index contributed by atoms with van der Waals surface area (Å²) < 4.78 is 1.81. The normalized spacial score (nSPS) is 16.6. The SMILES string of the molecule is O=C(Nc1nncs1)C1CCCN(C(=O)CCc2cnn(-c3ccccc3)c2)C1. The van der Waals surface area contributed by atoms with Gasteiger partial charge in [-0.15, -0.1) is 10.2 Å². The number of benzene rings is 1. The Morgan fingerprint density at radius 1 is 1.24 bits per heavy atom. The van der Waals surface area contributed by atoms with Gasteiger partial charge in [-0.1, -0.05) is 29.5 Å². The molecule has 150 valence electrons. The lowest BCUT2D eigenvalue weighted by atomic mass is 9.96. The Morgan fingerprint density at radius 3 is 2.90 bits per heavy atom. The molecule has 0 bridgehead atoms. The van der Waals surface area contributed by atoms with Crippen molar-refractivity contribution in [3.05, 3.63) is 53.8 Å². The first-order chi connectivity index (χ1) is 14.2. The van der Waals surface area contributed by atoms with E-state index in [1.54, 1.807) is 16.6 Å². The van der Waals surface area contributed by atoms with Crippen molar-refractivity contribution in [1.82, 2.24) is 24.9 Å². The summed E-state index contributed by atoms with van der Waals surface area (Å²) in [5.74, 6) is -0.230. The smallest absolute Gasteiger partial charge is 0.231 e. The summed E-state index contributed by atoms with van der Waals surface area (Å²) in [6.07, 6.45) is 6.39. The minimum absolute atomic E-state index is 0.0749. The highest BCUT2D eigenvalue weighted by molar-refractivity contribution is 7.13. The number of piperidine rings is 1. The minimum Gasteiger partial charge on any atom is -0.342 e. The number of nitrogens with one attached hydrogen (secondary N) is 1. The molecule has 1 fully saturated rings. The van der Waals surface area contributed by atoms with Crippen molar-refractivity contribution in [3.8, 4) is 5.69 Å². The Morgan fingerprint density at radius 2 is 2.10 bits per heavy atom. The second-order valence-corrected chi connectivity index (χ2v) is 7.87. The summed E-state index contributed by atoms with van der Waals surface area (Å²) in [4.78, 5) is 26.9. The van der Waals surface area contributed by atoms with Gasteiger partial charge in [-0.05, 0) is 37.0 Å². The molecular weight excluding hydrogens is 388 g/mol. The van der Waals surface area contributed by atoms with Gasteiger partial charge in [-0.25, -0.2) is 4.68 Å². The zero-order valence-corrected chi connectivity index (χ0v) is 16.7. The lowest BCUT2D eigenvalue weighted by molar-refractivity contribution is -0.134. The van der Waals surface area contributed by atoms with Gasteiger partial charge >= 0.3 is 0 Å². The van der Waals surface area contributed by atoms with Crippen LogP contribution in [0.15, 0.2) is 48.2 Å². The van der Waals surface area contributed by atoms with Gasteiger partial charge in [-0.3, -0.25) is 9.59 Å². The molecule has 3 aromatic rings. The van der Waals surface area contributed by atoms with Crippen LogP contribution < -0.4 is 5.32 Å². The van der Waals surface area contributed by atoms with Crippen LogP contribution in [0.3, 0.4) is 0 Å². The Bertz CT molecular complexity index is 957. The molecule has 1 atom stereocenters. The van der Waals surface area contributed by atoms with E-state index < -0.39 is 0 Å². The van der Waals surface area contributed by atoms with Gasteiger partial charge < -0.3 is 10.2 Å². The molecule has 29 heavy (non-hydrogen) atoms. The molecule has 1 saturated heterocycles. The second-order valence-electron chi connectivity index (χ2n) is 7.04. The lowest BCUT2D eigenvalue weighted by Gasteiger charge is -2.32. The molecule has 0 saturated carbocycles. The van der Waals surface area contributed by atoms with Gasteiger partial charge in [0.2, 0.25) is 16.9 Å². The molecule has 8 nitrogen and oxygen atoms in total. The van der Waals surface area contributed by atoms with Crippen LogP contribution >= 0.6 is 11.3 Å². The summed E-state index contributed by atoms with van der Waals surface area (Å²) in [5.41, 5.74) is 3.59. The summed E-state index contributed by atoms with van der Waals surface area (Å²) in [6.45, 7) is 1.15. The van der Waals surface area contributed by atoms with Crippen LogP contribution in [0, 0.1) is 5.92 Å². The van der Waals surface area contributed by atoms with Crippen LogP contribution in [-0.4, -0.2) is 49.8 Å². The molecule has 1 aliphatic heterocycles. The molecule has 9 heteroatoms. The van der Waals surface area contributed by atoms with Crippen LogP contribution in [0.1, 0.15) is 24.8 Å². The van der Waals surface area contributed by atoms with E-state index in [0.29, 0.717) is 31.1 Å². The van der Waals surface area contributed by atoms with Crippen LogP contribution in [0.25, 0.3) is 5.69 Å². The third kappa shape index (κ3) is 4.86. The number of rotatable bonds is 6. The van der Waals surface area contributed by atoms with E-state index in [0.717, 1.165) is 24.1 Å². The lowest BCUT2D eigenvalue weighted by Crippen LogP contribution is -2.43. The van der Waals surface area contributed by atoms with Crippen molar-refractivity contribution in [3.63, 3.8) is 0 Å². The van der Waals surface area contributed by atoms with E-state index >= 15 is 0 Å². The number of carbonyl (C=O) groups excluding carboxylic acids is 2. The molecule has 0 spiro atoms. The van der Waals surface area contributed by atoms with Crippen LogP contribution in [0.5, 0.6) is 0 Å². The molecule has 1 aromatic carbocycles. The maximum atomic E-state index is 12.7. The van der Waals surface area contributed by atoms with Gasteiger partial charge in [-0.2, -0.15) is 5.10 Å². The van der Waals surface area contributed by atoms with E-state index in [4.69, 9.17) is 0 Å². The van der Waals surface area contributed by atoms with Crippen LogP contribution in [0.4, 0.5) is 5.13 Å². The average molecular weight is 411 g/mol. The number of hydrogen-bond donors (Lipinski definition) is 1. The van der Waals surface area contributed by atoms with E-state index in [2.05, 4.69) is 20.6 Å². The number of amides is 2. The van der Waals surface area contributed by atoms with Gasteiger partial charge in [0, 0.05) is 25.7 Å². The molecule has 2 amide bonds.